The number of halogens is 1. The predicted octanol–water partition coefficient (Wildman–Crippen LogP) is 1.81. The first-order valence-electron chi connectivity index (χ1n) is 5.16. The van der Waals surface area contributed by atoms with Crippen molar-refractivity contribution < 1.29 is 22.7 Å². The van der Waals surface area contributed by atoms with Gasteiger partial charge in [0.25, 0.3) is 0 Å². The summed E-state index contributed by atoms with van der Waals surface area (Å²) >= 11 is 0. The number of esters is 1. The first-order valence-corrected chi connectivity index (χ1v) is 7.64. The number of methoxy groups -OCH3 is 1. The van der Waals surface area contributed by atoms with Crippen molar-refractivity contribution in [1.82, 2.24) is 0 Å². The van der Waals surface area contributed by atoms with Gasteiger partial charge in [-0.15, -0.1) is 0 Å². The quantitative estimate of drug-likeness (QED) is 0.454. The van der Waals surface area contributed by atoms with Gasteiger partial charge in [-0.2, -0.15) is 0 Å². The van der Waals surface area contributed by atoms with Crippen LogP contribution in [-0.2, 0) is 13.8 Å². The Bertz CT molecular complexity index is 512. The van der Waals surface area contributed by atoms with E-state index in [2.05, 4.69) is 4.74 Å². The molecule has 0 heterocycles. The highest BCUT2D eigenvalue weighted by atomic mass is 35.7. The van der Waals surface area contributed by atoms with Crippen LogP contribution in [0, 0.1) is 0 Å². The Kier molecular flexibility index (Phi) is 5.43. The monoisotopic (exact) mass is 292 g/mol. The fourth-order valence-corrected chi connectivity index (χ4v) is 2.04. The number of hydrogen-bond acceptors (Lipinski definition) is 5. The van der Waals surface area contributed by atoms with Gasteiger partial charge in [0.2, 0.25) is 9.05 Å². The van der Waals surface area contributed by atoms with Crippen LogP contribution < -0.4 is 4.74 Å². The van der Waals surface area contributed by atoms with E-state index >= 15 is 0 Å². The molecule has 0 spiro atoms. The Hall–Kier alpha value is -1.27. The minimum Gasteiger partial charge on any atom is -0.494 e. The molecule has 100 valence electrons. The molecule has 0 saturated carbocycles. The minimum atomic E-state index is -3.49. The summed E-state index contributed by atoms with van der Waals surface area (Å²) in [6, 6.07) is 6.45. The summed E-state index contributed by atoms with van der Waals surface area (Å²) in [7, 11) is 2.86. The highest BCUT2D eigenvalue weighted by molar-refractivity contribution is 8.13. The zero-order valence-corrected chi connectivity index (χ0v) is 11.3. The first-order chi connectivity index (χ1) is 8.42. The van der Waals surface area contributed by atoms with Gasteiger partial charge in [-0.3, -0.25) is 0 Å². The molecule has 0 amide bonds. The third-order valence-corrected chi connectivity index (χ3v) is 3.30. The maximum absolute atomic E-state index is 11.3. The van der Waals surface area contributed by atoms with Crippen LogP contribution in [0.4, 0.5) is 0 Å². The molecule has 1 rings (SSSR count). The van der Waals surface area contributed by atoms with Gasteiger partial charge >= 0.3 is 5.97 Å². The average Bonchev–Trinajstić information content (AvgIpc) is 2.33. The van der Waals surface area contributed by atoms with Crippen molar-refractivity contribution in [3.05, 3.63) is 29.8 Å². The summed E-state index contributed by atoms with van der Waals surface area (Å²) in [6.07, 6.45) is 0.286. The first kappa shape index (κ1) is 14.8. The number of carbonyl (C=O) groups is 1. The van der Waals surface area contributed by atoms with Crippen LogP contribution in [0.15, 0.2) is 24.3 Å². The van der Waals surface area contributed by atoms with E-state index in [1.165, 1.54) is 13.2 Å². The topological polar surface area (TPSA) is 69.7 Å². The zero-order valence-electron chi connectivity index (χ0n) is 9.76. The van der Waals surface area contributed by atoms with Crippen molar-refractivity contribution >= 4 is 25.7 Å². The van der Waals surface area contributed by atoms with E-state index in [0.717, 1.165) is 0 Å². The molecule has 0 N–H and O–H groups in total. The van der Waals surface area contributed by atoms with Gasteiger partial charge in [-0.25, -0.2) is 13.2 Å². The molecule has 0 saturated heterocycles. The highest BCUT2D eigenvalue weighted by Crippen LogP contribution is 2.14. The van der Waals surface area contributed by atoms with E-state index in [1.54, 1.807) is 18.2 Å². The Morgan fingerprint density at radius 2 is 2.11 bits per heavy atom. The van der Waals surface area contributed by atoms with Gasteiger partial charge in [0.05, 0.1) is 25.0 Å². The van der Waals surface area contributed by atoms with E-state index in [-0.39, 0.29) is 18.8 Å². The summed E-state index contributed by atoms with van der Waals surface area (Å²) in [5.41, 5.74) is 0.375. The number of rotatable bonds is 6. The van der Waals surface area contributed by atoms with Gasteiger partial charge in [-0.05, 0) is 24.6 Å². The van der Waals surface area contributed by atoms with Crippen LogP contribution in [0.1, 0.15) is 16.8 Å². The third kappa shape index (κ3) is 5.37. The molecule has 0 radical (unpaired) electrons. The molecule has 0 bridgehead atoms. The number of benzene rings is 1. The second-order valence-corrected chi connectivity index (χ2v) is 6.36. The molecule has 18 heavy (non-hydrogen) atoms. The summed E-state index contributed by atoms with van der Waals surface area (Å²) < 4.78 is 31.2. The Labute approximate surface area is 110 Å². The summed E-state index contributed by atoms with van der Waals surface area (Å²) in [6.45, 7) is 0.205. The van der Waals surface area contributed by atoms with Crippen molar-refractivity contribution in [3.8, 4) is 5.75 Å². The molecule has 1 aromatic rings. The molecule has 0 aliphatic rings. The van der Waals surface area contributed by atoms with Gasteiger partial charge in [-0.1, -0.05) is 6.07 Å². The molecule has 0 fully saturated rings. The number of hydrogen-bond donors (Lipinski definition) is 0. The van der Waals surface area contributed by atoms with E-state index in [1.807, 2.05) is 0 Å². The summed E-state index contributed by atoms with van der Waals surface area (Å²) in [5, 5.41) is 0. The summed E-state index contributed by atoms with van der Waals surface area (Å²) in [5.74, 6) is -0.126. The van der Waals surface area contributed by atoms with E-state index in [9.17, 15) is 13.2 Å². The van der Waals surface area contributed by atoms with Gasteiger partial charge in [0, 0.05) is 10.7 Å². The van der Waals surface area contributed by atoms with Crippen molar-refractivity contribution in [2.45, 2.75) is 6.42 Å². The van der Waals surface area contributed by atoms with Crippen LogP contribution in [-0.4, -0.2) is 33.9 Å². The molecule has 0 unspecified atom stereocenters. The lowest BCUT2D eigenvalue weighted by atomic mass is 10.2. The Morgan fingerprint density at radius 1 is 1.39 bits per heavy atom. The fraction of sp³-hybridized carbons (Fsp3) is 0.364. The lowest BCUT2D eigenvalue weighted by Crippen LogP contribution is -2.06. The van der Waals surface area contributed by atoms with Crippen molar-refractivity contribution in [2.24, 2.45) is 0 Å². The molecule has 0 aliphatic carbocycles. The second-order valence-electron chi connectivity index (χ2n) is 3.46. The number of carbonyl (C=O) groups excluding carboxylic acids is 1. The summed E-state index contributed by atoms with van der Waals surface area (Å²) in [4.78, 5) is 11.3. The van der Waals surface area contributed by atoms with Crippen LogP contribution in [0.3, 0.4) is 0 Å². The second kappa shape index (κ2) is 6.61. The fourth-order valence-electron chi connectivity index (χ4n) is 1.25. The number of ether oxygens (including phenoxy) is 2. The molecule has 1 aromatic carbocycles. The van der Waals surface area contributed by atoms with Crippen LogP contribution in [0.25, 0.3) is 0 Å². The highest BCUT2D eigenvalue weighted by Gasteiger charge is 2.07. The molecular formula is C11H13ClO5S. The minimum absolute atomic E-state index is 0.148. The third-order valence-electron chi connectivity index (χ3n) is 2.06. The lowest BCUT2D eigenvalue weighted by Gasteiger charge is -2.06. The van der Waals surface area contributed by atoms with E-state index in [4.69, 9.17) is 15.4 Å². The molecular weight excluding hydrogens is 280 g/mol. The average molecular weight is 293 g/mol. The predicted molar refractivity (Wildman–Crippen MR) is 67.5 cm³/mol. The maximum atomic E-state index is 11.3. The lowest BCUT2D eigenvalue weighted by molar-refractivity contribution is 0.0600. The molecule has 0 atom stereocenters. The van der Waals surface area contributed by atoms with Crippen LogP contribution >= 0.6 is 10.7 Å². The largest absolute Gasteiger partial charge is 0.494 e. The van der Waals surface area contributed by atoms with Crippen molar-refractivity contribution in [3.63, 3.8) is 0 Å². The molecule has 7 heteroatoms. The van der Waals surface area contributed by atoms with Gasteiger partial charge in [0.15, 0.2) is 0 Å². The van der Waals surface area contributed by atoms with Crippen LogP contribution in [0.2, 0.25) is 0 Å². The smallest absolute Gasteiger partial charge is 0.337 e. The molecule has 0 aromatic heterocycles. The van der Waals surface area contributed by atoms with Gasteiger partial charge < -0.3 is 9.47 Å². The van der Waals surface area contributed by atoms with E-state index < -0.39 is 15.0 Å². The SMILES string of the molecule is COC(=O)c1cccc(OCCCS(=O)(=O)Cl)c1. The molecule has 5 nitrogen and oxygen atoms in total. The normalized spacial score (nSPS) is 11.0. The van der Waals surface area contributed by atoms with Gasteiger partial charge in [0.1, 0.15) is 5.75 Å². The molecule has 0 aliphatic heterocycles. The van der Waals surface area contributed by atoms with E-state index in [0.29, 0.717) is 11.3 Å². The Morgan fingerprint density at radius 3 is 2.72 bits per heavy atom. The van der Waals surface area contributed by atoms with Crippen molar-refractivity contribution in [2.75, 3.05) is 19.5 Å². The maximum Gasteiger partial charge on any atom is 0.337 e. The Balaban J connectivity index is 2.50. The van der Waals surface area contributed by atoms with Crippen LogP contribution in [0.5, 0.6) is 5.75 Å². The zero-order chi connectivity index (χ0) is 13.6. The van der Waals surface area contributed by atoms with Crippen molar-refractivity contribution in [1.29, 1.82) is 0 Å². The standard InChI is InChI=1S/C11H13ClO5S/c1-16-11(13)9-4-2-5-10(8-9)17-6-3-7-18(12,14)15/h2,4-5,8H,3,6-7H2,1H3.